The third-order valence-electron chi connectivity index (χ3n) is 2.88. The number of rotatable bonds is 3. The Morgan fingerprint density at radius 2 is 2.00 bits per heavy atom. The van der Waals surface area contributed by atoms with Crippen molar-refractivity contribution in [2.75, 3.05) is 5.32 Å². The van der Waals surface area contributed by atoms with Gasteiger partial charge in [0.2, 0.25) is 0 Å². The average Bonchev–Trinajstić information content (AvgIpc) is 2.86. The minimum absolute atomic E-state index is 0.686. The van der Waals surface area contributed by atoms with Crippen LogP contribution >= 0.6 is 11.6 Å². The molecule has 0 aliphatic rings. The van der Waals surface area contributed by atoms with E-state index in [1.807, 2.05) is 42.5 Å². The summed E-state index contributed by atoms with van der Waals surface area (Å²) < 4.78 is 0. The molecule has 4 heteroatoms. The number of nitrogens with zero attached hydrogens (tertiary/aromatic N) is 1. The Morgan fingerprint density at radius 1 is 1.11 bits per heavy atom. The van der Waals surface area contributed by atoms with E-state index in [0.717, 1.165) is 27.3 Å². The number of halogens is 1. The lowest BCUT2D eigenvalue weighted by Gasteiger charge is -2.08. The Morgan fingerprint density at radius 3 is 2.89 bits per heavy atom. The van der Waals surface area contributed by atoms with E-state index in [1.54, 1.807) is 6.33 Å². The first-order chi connectivity index (χ1) is 8.84. The highest BCUT2D eigenvalue weighted by Gasteiger charge is 2.03. The average molecular weight is 258 g/mol. The summed E-state index contributed by atoms with van der Waals surface area (Å²) in [5.41, 5.74) is 4.06. The van der Waals surface area contributed by atoms with E-state index in [9.17, 15) is 0 Å². The van der Waals surface area contributed by atoms with Crippen molar-refractivity contribution in [3.8, 4) is 0 Å². The van der Waals surface area contributed by atoms with Gasteiger partial charge in [-0.1, -0.05) is 35.9 Å². The molecule has 2 N–H and O–H groups in total. The Labute approximate surface area is 110 Å². The second-order valence-electron chi connectivity index (χ2n) is 4.05. The fourth-order valence-electron chi connectivity index (χ4n) is 1.94. The molecular formula is C14H12ClN3. The number of hydrogen-bond acceptors (Lipinski definition) is 2. The van der Waals surface area contributed by atoms with E-state index in [1.165, 1.54) is 0 Å². The fraction of sp³-hybridized carbons (Fsp3) is 0.0714. The number of imidazole rings is 1. The van der Waals surface area contributed by atoms with Crippen LogP contribution in [0.25, 0.3) is 11.0 Å². The van der Waals surface area contributed by atoms with Gasteiger partial charge in [0.1, 0.15) is 5.52 Å². The van der Waals surface area contributed by atoms with Gasteiger partial charge in [0.05, 0.1) is 17.5 Å². The maximum Gasteiger partial charge on any atom is 0.111 e. The molecular weight excluding hydrogens is 246 g/mol. The van der Waals surface area contributed by atoms with E-state index in [0.29, 0.717) is 6.54 Å². The van der Waals surface area contributed by atoms with Gasteiger partial charge < -0.3 is 10.3 Å². The van der Waals surface area contributed by atoms with Gasteiger partial charge in [-0.2, -0.15) is 0 Å². The topological polar surface area (TPSA) is 40.7 Å². The van der Waals surface area contributed by atoms with Crippen LogP contribution in [0, 0.1) is 0 Å². The number of aromatic nitrogens is 2. The summed E-state index contributed by atoms with van der Waals surface area (Å²) in [7, 11) is 0. The Bertz CT molecular complexity index is 675. The van der Waals surface area contributed by atoms with Gasteiger partial charge in [0.15, 0.2) is 0 Å². The number of fused-ring (bicyclic) bond motifs is 1. The van der Waals surface area contributed by atoms with Crippen LogP contribution in [-0.4, -0.2) is 9.97 Å². The molecule has 1 heterocycles. The predicted octanol–water partition coefficient (Wildman–Crippen LogP) is 3.83. The zero-order valence-electron chi connectivity index (χ0n) is 9.65. The van der Waals surface area contributed by atoms with E-state index < -0.39 is 0 Å². The lowest BCUT2D eigenvalue weighted by Crippen LogP contribution is -2.00. The van der Waals surface area contributed by atoms with Crippen molar-refractivity contribution in [3.63, 3.8) is 0 Å². The van der Waals surface area contributed by atoms with Gasteiger partial charge in [0.25, 0.3) is 0 Å². The highest BCUT2D eigenvalue weighted by molar-refractivity contribution is 6.31. The van der Waals surface area contributed by atoms with Crippen LogP contribution in [0.15, 0.2) is 48.8 Å². The molecule has 0 spiro atoms. The lowest BCUT2D eigenvalue weighted by molar-refractivity contribution is 1.15. The number of para-hydroxylation sites is 1. The Kier molecular flexibility index (Phi) is 2.90. The first-order valence-corrected chi connectivity index (χ1v) is 6.12. The second kappa shape index (κ2) is 4.70. The molecule has 0 bridgehead atoms. The van der Waals surface area contributed by atoms with Gasteiger partial charge in [-0.25, -0.2) is 4.98 Å². The van der Waals surface area contributed by atoms with E-state index in [2.05, 4.69) is 15.3 Å². The standard InChI is InChI=1S/C14H12ClN3/c15-11-5-2-1-4-10(11)8-16-12-6-3-7-13-14(12)18-9-17-13/h1-7,9,16H,8H2,(H,17,18). The smallest absolute Gasteiger partial charge is 0.111 e. The predicted molar refractivity (Wildman–Crippen MR) is 74.9 cm³/mol. The van der Waals surface area contributed by atoms with Gasteiger partial charge >= 0.3 is 0 Å². The SMILES string of the molecule is Clc1ccccc1CNc1cccc2[nH]cnc12. The van der Waals surface area contributed by atoms with Gasteiger partial charge in [-0.15, -0.1) is 0 Å². The van der Waals surface area contributed by atoms with E-state index in [-0.39, 0.29) is 0 Å². The Balaban J connectivity index is 1.85. The van der Waals surface area contributed by atoms with Crippen LogP contribution in [0.3, 0.4) is 0 Å². The number of H-pyrrole nitrogens is 1. The maximum absolute atomic E-state index is 6.13. The second-order valence-corrected chi connectivity index (χ2v) is 4.46. The van der Waals surface area contributed by atoms with Crippen molar-refractivity contribution in [1.29, 1.82) is 0 Å². The summed E-state index contributed by atoms with van der Waals surface area (Å²) in [6, 6.07) is 13.8. The molecule has 2 aromatic carbocycles. The van der Waals surface area contributed by atoms with E-state index >= 15 is 0 Å². The van der Waals surface area contributed by atoms with Crippen LogP contribution in [0.1, 0.15) is 5.56 Å². The zero-order chi connectivity index (χ0) is 12.4. The molecule has 0 aliphatic heterocycles. The van der Waals surface area contributed by atoms with Crippen LogP contribution in [0.4, 0.5) is 5.69 Å². The molecule has 0 aliphatic carbocycles. The molecule has 1 aromatic heterocycles. The number of aromatic amines is 1. The number of benzene rings is 2. The first kappa shape index (κ1) is 11.1. The van der Waals surface area contributed by atoms with Crippen molar-refractivity contribution in [3.05, 3.63) is 59.4 Å². The van der Waals surface area contributed by atoms with Crippen molar-refractivity contribution in [1.82, 2.24) is 9.97 Å². The summed E-state index contributed by atoms with van der Waals surface area (Å²) in [4.78, 5) is 7.39. The van der Waals surface area contributed by atoms with Gasteiger partial charge in [0, 0.05) is 11.6 Å². The number of hydrogen-bond donors (Lipinski definition) is 2. The molecule has 3 aromatic rings. The highest BCUT2D eigenvalue weighted by atomic mass is 35.5. The Hall–Kier alpha value is -2.00. The van der Waals surface area contributed by atoms with Crippen molar-refractivity contribution < 1.29 is 0 Å². The minimum atomic E-state index is 0.686. The van der Waals surface area contributed by atoms with Crippen LogP contribution in [0.5, 0.6) is 0 Å². The molecule has 3 rings (SSSR count). The van der Waals surface area contributed by atoms with Gasteiger partial charge in [-0.3, -0.25) is 0 Å². The number of anilines is 1. The molecule has 0 saturated heterocycles. The quantitative estimate of drug-likeness (QED) is 0.749. The van der Waals surface area contributed by atoms with Crippen LogP contribution in [0.2, 0.25) is 5.02 Å². The first-order valence-electron chi connectivity index (χ1n) is 5.74. The van der Waals surface area contributed by atoms with Gasteiger partial charge in [-0.05, 0) is 23.8 Å². The van der Waals surface area contributed by atoms with E-state index in [4.69, 9.17) is 11.6 Å². The largest absolute Gasteiger partial charge is 0.379 e. The molecule has 3 nitrogen and oxygen atoms in total. The normalized spacial score (nSPS) is 10.7. The fourth-order valence-corrected chi connectivity index (χ4v) is 2.14. The minimum Gasteiger partial charge on any atom is -0.379 e. The van der Waals surface area contributed by atoms with Crippen LogP contribution < -0.4 is 5.32 Å². The summed E-state index contributed by atoms with van der Waals surface area (Å²) in [6.45, 7) is 0.686. The molecule has 0 unspecified atom stereocenters. The molecule has 90 valence electrons. The highest BCUT2D eigenvalue weighted by Crippen LogP contribution is 2.22. The van der Waals surface area contributed by atoms with Crippen molar-refractivity contribution in [2.24, 2.45) is 0 Å². The molecule has 0 atom stereocenters. The molecule has 0 saturated carbocycles. The summed E-state index contributed by atoms with van der Waals surface area (Å²) in [5, 5.41) is 4.14. The molecule has 0 radical (unpaired) electrons. The number of nitrogens with one attached hydrogen (secondary N) is 2. The van der Waals surface area contributed by atoms with Crippen LogP contribution in [-0.2, 0) is 6.54 Å². The lowest BCUT2D eigenvalue weighted by atomic mass is 10.2. The summed E-state index contributed by atoms with van der Waals surface area (Å²) in [5.74, 6) is 0. The van der Waals surface area contributed by atoms with Crippen molar-refractivity contribution >= 4 is 28.3 Å². The summed E-state index contributed by atoms with van der Waals surface area (Å²) in [6.07, 6.45) is 1.70. The molecule has 0 fully saturated rings. The maximum atomic E-state index is 6.13. The monoisotopic (exact) mass is 257 g/mol. The third-order valence-corrected chi connectivity index (χ3v) is 3.25. The molecule has 18 heavy (non-hydrogen) atoms. The van der Waals surface area contributed by atoms with Crippen molar-refractivity contribution in [2.45, 2.75) is 6.54 Å². The molecule has 0 amide bonds. The summed E-state index contributed by atoms with van der Waals surface area (Å²) >= 11 is 6.13. The zero-order valence-corrected chi connectivity index (χ0v) is 10.4. The third kappa shape index (κ3) is 2.05.